The van der Waals surface area contributed by atoms with Gasteiger partial charge in [0.2, 0.25) is 0 Å². The van der Waals surface area contributed by atoms with E-state index in [-0.39, 0.29) is 31.9 Å². The van der Waals surface area contributed by atoms with Crippen LogP contribution in [0.2, 0.25) is 0 Å². The Hall–Kier alpha value is -3.96. The van der Waals surface area contributed by atoms with E-state index >= 15 is 0 Å². The van der Waals surface area contributed by atoms with Crippen LogP contribution in [0.15, 0.2) is 36.8 Å². The van der Waals surface area contributed by atoms with Crippen molar-refractivity contribution in [1.82, 2.24) is 45.0 Å². The van der Waals surface area contributed by atoms with Gasteiger partial charge in [-0.2, -0.15) is 0 Å². The quantitative estimate of drug-likeness (QED) is 0.0795. The normalized spacial score (nSPS) is 13.4. The lowest BCUT2D eigenvalue weighted by molar-refractivity contribution is 0.270. The minimum absolute atomic E-state index is 0.272. The van der Waals surface area contributed by atoms with Crippen LogP contribution in [0.4, 0.5) is 0 Å². The molecule has 3 atom stereocenters. The number of hydrogen-bond donors (Lipinski definition) is 0. The average molecular weight is 636 g/mol. The van der Waals surface area contributed by atoms with Gasteiger partial charge in [-0.15, -0.1) is 15.3 Å². The van der Waals surface area contributed by atoms with Gasteiger partial charge in [0.05, 0.1) is 36.7 Å². The fourth-order valence-corrected chi connectivity index (χ4v) is 5.23. The Morgan fingerprint density at radius 1 is 0.543 bits per heavy atom. The predicted molar refractivity (Wildman–Crippen MR) is 177 cm³/mol. The first-order chi connectivity index (χ1) is 22.4. The molecule has 0 aliphatic heterocycles. The number of nitrogens with zero attached hydrogens (tertiary/aromatic N) is 9. The molecule has 0 saturated carbocycles. The number of rotatable bonds is 22. The van der Waals surface area contributed by atoms with Crippen LogP contribution in [0.5, 0.6) is 17.2 Å². The van der Waals surface area contributed by atoms with Crippen LogP contribution in [0.25, 0.3) is 0 Å². The van der Waals surface area contributed by atoms with Crippen LogP contribution >= 0.6 is 0 Å². The maximum atomic E-state index is 6.22. The van der Waals surface area contributed by atoms with Gasteiger partial charge in [0.25, 0.3) is 0 Å². The zero-order chi connectivity index (χ0) is 32.7. The summed E-state index contributed by atoms with van der Waals surface area (Å²) in [7, 11) is 0. The summed E-state index contributed by atoms with van der Waals surface area (Å²) in [4.78, 5) is 0. The van der Waals surface area contributed by atoms with Gasteiger partial charge in [-0.25, -0.2) is 14.0 Å². The molecule has 12 nitrogen and oxygen atoms in total. The molecule has 0 aliphatic carbocycles. The molecule has 0 fully saturated rings. The van der Waals surface area contributed by atoms with Gasteiger partial charge in [-0.3, -0.25) is 0 Å². The Balaban J connectivity index is 1.45. The van der Waals surface area contributed by atoms with Gasteiger partial charge in [-0.05, 0) is 39.5 Å². The Morgan fingerprint density at radius 2 is 1.00 bits per heavy atom. The Kier molecular flexibility index (Phi) is 13.8. The third-order valence-corrected chi connectivity index (χ3v) is 8.29. The fraction of sp³-hybridized carbons (Fsp3) is 0.647. The minimum Gasteiger partial charge on any atom is -0.487 e. The van der Waals surface area contributed by atoms with Crippen LogP contribution in [0, 0.1) is 0 Å². The highest BCUT2D eigenvalue weighted by Crippen LogP contribution is 2.30. The molecule has 4 aromatic rings. The molecule has 3 unspecified atom stereocenters. The first-order valence-electron chi connectivity index (χ1n) is 17.2. The summed E-state index contributed by atoms with van der Waals surface area (Å²) in [5, 5.41) is 26.0. The largest absolute Gasteiger partial charge is 0.487 e. The highest BCUT2D eigenvalue weighted by Gasteiger charge is 2.15. The first-order valence-corrected chi connectivity index (χ1v) is 17.2. The fourth-order valence-electron chi connectivity index (χ4n) is 5.23. The lowest BCUT2D eigenvalue weighted by atomic mass is 10.0. The summed E-state index contributed by atoms with van der Waals surface area (Å²) in [6.45, 7) is 13.8. The first kappa shape index (κ1) is 34.9. The SMILES string of the molecule is CCCCCC(CCCC)n1cc(COc2cc(OCc3cn(C(C)CC)nn3)cc(OCc3cn(C(C)CCC)nn3)c2)nn1. The Labute approximate surface area is 273 Å². The Bertz CT molecular complexity index is 1430. The van der Waals surface area contributed by atoms with E-state index in [0.29, 0.717) is 23.3 Å². The molecule has 0 aliphatic rings. The van der Waals surface area contributed by atoms with Crippen molar-refractivity contribution in [1.29, 1.82) is 0 Å². The van der Waals surface area contributed by atoms with E-state index < -0.39 is 0 Å². The highest BCUT2D eigenvalue weighted by atomic mass is 16.5. The van der Waals surface area contributed by atoms with Gasteiger partial charge in [0.15, 0.2) is 0 Å². The topological polar surface area (TPSA) is 120 Å². The monoisotopic (exact) mass is 635 g/mol. The lowest BCUT2D eigenvalue weighted by Crippen LogP contribution is -2.10. The van der Waals surface area contributed by atoms with Gasteiger partial charge in [0, 0.05) is 18.2 Å². The van der Waals surface area contributed by atoms with Crippen molar-refractivity contribution >= 4 is 0 Å². The molecule has 0 radical (unpaired) electrons. The summed E-state index contributed by atoms with van der Waals surface area (Å²) in [6.07, 6.45) is 17.2. The van der Waals surface area contributed by atoms with E-state index in [0.717, 1.165) is 49.2 Å². The number of unbranched alkanes of at least 4 members (excludes halogenated alkanes) is 3. The van der Waals surface area contributed by atoms with E-state index in [1.54, 1.807) is 0 Å². The molecule has 3 aromatic heterocycles. The van der Waals surface area contributed by atoms with Crippen molar-refractivity contribution in [3.8, 4) is 17.2 Å². The molecular weight excluding hydrogens is 582 g/mol. The number of aromatic nitrogens is 9. The molecule has 12 heteroatoms. The molecule has 3 heterocycles. The van der Waals surface area contributed by atoms with Crippen LogP contribution in [-0.2, 0) is 19.8 Å². The molecule has 0 amide bonds. The summed E-state index contributed by atoms with van der Waals surface area (Å²) in [5.41, 5.74) is 2.29. The molecular formula is C34H53N9O3. The van der Waals surface area contributed by atoms with Crippen LogP contribution < -0.4 is 14.2 Å². The standard InChI is InChI=1S/C34H53N9O3/c1-7-11-13-16-31(15-12-8-2)43-22-30(37-40-43)25-46-34-18-32(44-23-28-20-41(38-35-28)26(5)10-4)17-33(19-34)45-24-29-21-42(39-36-29)27(6)14-9-3/h17-22,26-27,31H,7-16,23-25H2,1-6H3. The second-order valence-electron chi connectivity index (χ2n) is 12.3. The summed E-state index contributed by atoms with van der Waals surface area (Å²) in [5.74, 6) is 1.81. The number of hydrogen-bond acceptors (Lipinski definition) is 9. The van der Waals surface area contributed by atoms with Crippen molar-refractivity contribution in [2.75, 3.05) is 0 Å². The van der Waals surface area contributed by atoms with Gasteiger partial charge in [-0.1, -0.05) is 81.9 Å². The Morgan fingerprint density at radius 3 is 1.48 bits per heavy atom. The maximum Gasteiger partial charge on any atom is 0.134 e. The summed E-state index contributed by atoms with van der Waals surface area (Å²) in [6, 6.07) is 6.49. The zero-order valence-corrected chi connectivity index (χ0v) is 28.6. The van der Waals surface area contributed by atoms with Crippen LogP contribution in [0.3, 0.4) is 0 Å². The highest BCUT2D eigenvalue weighted by molar-refractivity contribution is 5.42. The van der Waals surface area contributed by atoms with Crippen LogP contribution in [-0.4, -0.2) is 45.0 Å². The summed E-state index contributed by atoms with van der Waals surface area (Å²) < 4.78 is 24.3. The van der Waals surface area contributed by atoms with Crippen LogP contribution in [0.1, 0.15) is 141 Å². The van der Waals surface area contributed by atoms with E-state index in [1.165, 1.54) is 32.1 Å². The van der Waals surface area contributed by atoms with E-state index in [4.69, 9.17) is 14.2 Å². The minimum atomic E-state index is 0.272. The third-order valence-electron chi connectivity index (χ3n) is 8.29. The molecule has 4 rings (SSSR count). The van der Waals surface area contributed by atoms with Gasteiger partial charge >= 0.3 is 0 Å². The second kappa shape index (κ2) is 18.3. The third kappa shape index (κ3) is 10.6. The molecule has 0 spiro atoms. The molecule has 0 N–H and O–H groups in total. The smallest absolute Gasteiger partial charge is 0.134 e. The molecule has 252 valence electrons. The van der Waals surface area contributed by atoms with Crippen molar-refractivity contribution in [2.45, 2.75) is 144 Å². The predicted octanol–water partition coefficient (Wildman–Crippen LogP) is 7.84. The van der Waals surface area contributed by atoms with E-state index in [1.807, 2.05) is 50.8 Å². The zero-order valence-electron chi connectivity index (χ0n) is 28.6. The van der Waals surface area contributed by atoms with E-state index in [9.17, 15) is 0 Å². The molecule has 0 bridgehead atoms. The van der Waals surface area contributed by atoms with E-state index in [2.05, 4.69) is 72.5 Å². The molecule has 0 saturated heterocycles. The summed E-state index contributed by atoms with van der Waals surface area (Å²) >= 11 is 0. The second-order valence-corrected chi connectivity index (χ2v) is 12.3. The molecule has 1 aromatic carbocycles. The van der Waals surface area contributed by atoms with Crippen molar-refractivity contribution in [2.24, 2.45) is 0 Å². The molecule has 46 heavy (non-hydrogen) atoms. The van der Waals surface area contributed by atoms with Crippen molar-refractivity contribution in [3.63, 3.8) is 0 Å². The van der Waals surface area contributed by atoms with Gasteiger partial charge < -0.3 is 14.2 Å². The van der Waals surface area contributed by atoms with Crippen molar-refractivity contribution in [3.05, 3.63) is 53.9 Å². The van der Waals surface area contributed by atoms with Gasteiger partial charge in [0.1, 0.15) is 54.2 Å². The lowest BCUT2D eigenvalue weighted by Gasteiger charge is -2.16. The average Bonchev–Trinajstić information content (AvgIpc) is 3.85. The number of benzene rings is 1. The van der Waals surface area contributed by atoms with Crippen molar-refractivity contribution < 1.29 is 14.2 Å². The number of ether oxygens (including phenoxy) is 3. The maximum absolute atomic E-state index is 6.22.